The highest BCUT2D eigenvalue weighted by Gasteiger charge is 2.09. The molecule has 4 heteroatoms. The summed E-state index contributed by atoms with van der Waals surface area (Å²) >= 11 is 0. The second kappa shape index (κ2) is 6.01. The topological polar surface area (TPSA) is 55.1 Å². The number of carbonyl (C=O) groups is 1. The lowest BCUT2D eigenvalue weighted by Crippen LogP contribution is -1.92. The van der Waals surface area contributed by atoms with Crippen LogP contribution in [0.5, 0.6) is 0 Å². The van der Waals surface area contributed by atoms with Crippen molar-refractivity contribution in [1.82, 2.24) is 4.98 Å². The Kier molecular flexibility index (Phi) is 3.56. The van der Waals surface area contributed by atoms with Crippen LogP contribution in [0.4, 0.5) is 5.69 Å². The lowest BCUT2D eigenvalue weighted by atomic mass is 10.0. The molecule has 0 aliphatic carbocycles. The zero-order valence-corrected chi connectivity index (χ0v) is 12.8. The maximum atomic E-state index is 10.5. The molecule has 24 heavy (non-hydrogen) atoms. The summed E-state index contributed by atoms with van der Waals surface area (Å²) in [4.78, 5) is 15.0. The highest BCUT2D eigenvalue weighted by atomic mass is 16.3. The molecule has 0 atom stereocenters. The zero-order valence-electron chi connectivity index (χ0n) is 12.8. The fourth-order valence-corrected chi connectivity index (χ4v) is 2.64. The van der Waals surface area contributed by atoms with Crippen molar-refractivity contribution >= 4 is 23.2 Å². The first-order valence-corrected chi connectivity index (χ1v) is 7.60. The van der Waals surface area contributed by atoms with Gasteiger partial charge in [-0.25, -0.2) is 4.98 Å². The van der Waals surface area contributed by atoms with Gasteiger partial charge in [0.15, 0.2) is 5.58 Å². The summed E-state index contributed by atoms with van der Waals surface area (Å²) in [5.74, 6) is 0.563. The monoisotopic (exact) mass is 314 g/mol. The molecule has 0 aliphatic rings. The number of nitrogens with zero attached hydrogens (tertiary/aromatic N) is 1. The Morgan fingerprint density at radius 1 is 0.833 bits per heavy atom. The third-order valence-electron chi connectivity index (χ3n) is 3.85. The lowest BCUT2D eigenvalue weighted by Gasteiger charge is -2.02. The van der Waals surface area contributed by atoms with Crippen molar-refractivity contribution in [2.24, 2.45) is 0 Å². The molecule has 0 bridgehead atoms. The highest BCUT2D eigenvalue weighted by molar-refractivity contribution is 5.83. The van der Waals surface area contributed by atoms with E-state index in [1.807, 2.05) is 30.3 Å². The normalized spacial score (nSPS) is 10.7. The van der Waals surface area contributed by atoms with E-state index in [4.69, 9.17) is 4.42 Å². The number of hydrogen-bond donors (Lipinski definition) is 1. The molecule has 4 aromatic rings. The van der Waals surface area contributed by atoms with Crippen LogP contribution in [0.3, 0.4) is 0 Å². The van der Waals surface area contributed by atoms with Crippen molar-refractivity contribution in [1.29, 1.82) is 0 Å². The first kappa shape index (κ1) is 14.2. The smallest absolute Gasteiger partial charge is 0.227 e. The third-order valence-corrected chi connectivity index (χ3v) is 3.85. The quantitative estimate of drug-likeness (QED) is 0.554. The van der Waals surface area contributed by atoms with Gasteiger partial charge in [0.25, 0.3) is 0 Å². The van der Waals surface area contributed by atoms with Gasteiger partial charge in [0.2, 0.25) is 12.3 Å². The van der Waals surface area contributed by atoms with Gasteiger partial charge in [0.05, 0.1) is 0 Å². The molecule has 0 saturated carbocycles. The molecule has 1 aromatic heterocycles. The number of benzene rings is 3. The van der Waals surface area contributed by atoms with Crippen molar-refractivity contribution in [3.05, 3.63) is 72.8 Å². The number of fused-ring (bicyclic) bond motifs is 1. The molecule has 1 amide bonds. The van der Waals surface area contributed by atoms with Gasteiger partial charge in [0, 0.05) is 11.3 Å². The van der Waals surface area contributed by atoms with Gasteiger partial charge in [-0.05, 0) is 41.5 Å². The standard InChI is InChI=1S/C20H14N2O2/c23-13-21-17-10-11-19-18(12-17)22-20(24-19)16-8-6-15(7-9-16)14-4-2-1-3-5-14/h1-13H,(H,21,23). The van der Waals surface area contributed by atoms with E-state index in [1.165, 1.54) is 5.56 Å². The number of rotatable bonds is 4. The van der Waals surface area contributed by atoms with E-state index in [1.54, 1.807) is 18.2 Å². The lowest BCUT2D eigenvalue weighted by molar-refractivity contribution is -0.105. The summed E-state index contributed by atoms with van der Waals surface area (Å²) in [6.07, 6.45) is 0.643. The van der Waals surface area contributed by atoms with Crippen LogP contribution in [-0.4, -0.2) is 11.4 Å². The first-order valence-electron chi connectivity index (χ1n) is 7.60. The molecule has 4 nitrogen and oxygen atoms in total. The minimum absolute atomic E-state index is 0.563. The molecule has 1 heterocycles. The second-order valence-corrected chi connectivity index (χ2v) is 5.41. The average Bonchev–Trinajstić information content (AvgIpc) is 3.06. The molecule has 0 saturated heterocycles. The van der Waals surface area contributed by atoms with Gasteiger partial charge < -0.3 is 9.73 Å². The van der Waals surface area contributed by atoms with Crippen molar-refractivity contribution < 1.29 is 9.21 Å². The van der Waals surface area contributed by atoms with Gasteiger partial charge >= 0.3 is 0 Å². The molecule has 4 rings (SSSR count). The number of amides is 1. The number of anilines is 1. The van der Waals surface area contributed by atoms with Gasteiger partial charge in [-0.3, -0.25) is 4.79 Å². The van der Waals surface area contributed by atoms with E-state index < -0.39 is 0 Å². The van der Waals surface area contributed by atoms with E-state index in [0.717, 1.165) is 11.1 Å². The Bertz CT molecular complexity index is 989. The summed E-state index contributed by atoms with van der Waals surface area (Å²) in [6.45, 7) is 0. The molecule has 0 radical (unpaired) electrons. The molecule has 0 spiro atoms. The Hall–Kier alpha value is -3.40. The molecular formula is C20H14N2O2. The van der Waals surface area contributed by atoms with Gasteiger partial charge in [-0.2, -0.15) is 0 Å². The van der Waals surface area contributed by atoms with Crippen molar-refractivity contribution in [2.45, 2.75) is 0 Å². The van der Waals surface area contributed by atoms with Crippen molar-refractivity contribution in [3.8, 4) is 22.6 Å². The van der Waals surface area contributed by atoms with Gasteiger partial charge in [0.1, 0.15) is 5.52 Å². The van der Waals surface area contributed by atoms with Crippen LogP contribution < -0.4 is 5.32 Å². The Morgan fingerprint density at radius 3 is 2.29 bits per heavy atom. The molecule has 116 valence electrons. The number of oxazole rings is 1. The Balaban J connectivity index is 1.68. The minimum Gasteiger partial charge on any atom is -0.436 e. The Morgan fingerprint density at radius 2 is 1.54 bits per heavy atom. The van der Waals surface area contributed by atoms with Crippen molar-refractivity contribution in [2.75, 3.05) is 5.32 Å². The fourth-order valence-electron chi connectivity index (χ4n) is 2.64. The largest absolute Gasteiger partial charge is 0.436 e. The van der Waals surface area contributed by atoms with E-state index >= 15 is 0 Å². The maximum Gasteiger partial charge on any atom is 0.227 e. The molecule has 0 fully saturated rings. The molecule has 3 aromatic carbocycles. The van der Waals surface area contributed by atoms with Crippen LogP contribution in [0.25, 0.3) is 33.7 Å². The van der Waals surface area contributed by atoms with Crippen LogP contribution >= 0.6 is 0 Å². The molecule has 1 N–H and O–H groups in total. The van der Waals surface area contributed by atoms with E-state index in [9.17, 15) is 4.79 Å². The minimum atomic E-state index is 0.563. The second-order valence-electron chi connectivity index (χ2n) is 5.41. The highest BCUT2D eigenvalue weighted by Crippen LogP contribution is 2.28. The predicted octanol–water partition coefficient (Wildman–Crippen LogP) is 4.73. The average molecular weight is 314 g/mol. The van der Waals surface area contributed by atoms with Crippen LogP contribution in [-0.2, 0) is 4.79 Å². The van der Waals surface area contributed by atoms with E-state index in [-0.39, 0.29) is 0 Å². The van der Waals surface area contributed by atoms with Crippen LogP contribution in [0, 0.1) is 0 Å². The summed E-state index contributed by atoms with van der Waals surface area (Å²) in [7, 11) is 0. The van der Waals surface area contributed by atoms with Crippen LogP contribution in [0.15, 0.2) is 77.2 Å². The Labute approximate surface area is 138 Å². The molecule has 0 unspecified atom stereocenters. The zero-order chi connectivity index (χ0) is 16.4. The third kappa shape index (κ3) is 2.65. The summed E-state index contributed by atoms with van der Waals surface area (Å²) in [5.41, 5.74) is 5.32. The SMILES string of the molecule is O=CNc1ccc2oc(-c3ccc(-c4ccccc4)cc3)nc2c1. The van der Waals surface area contributed by atoms with Gasteiger partial charge in [-0.15, -0.1) is 0 Å². The number of aromatic nitrogens is 1. The van der Waals surface area contributed by atoms with Crippen LogP contribution in [0.1, 0.15) is 0 Å². The fraction of sp³-hybridized carbons (Fsp3) is 0. The number of nitrogens with one attached hydrogen (secondary N) is 1. The summed E-state index contributed by atoms with van der Waals surface area (Å²) in [5, 5.41) is 2.61. The van der Waals surface area contributed by atoms with Crippen LogP contribution in [0.2, 0.25) is 0 Å². The molecule has 0 aliphatic heterocycles. The predicted molar refractivity (Wildman–Crippen MR) is 94.6 cm³/mol. The van der Waals surface area contributed by atoms with E-state index in [2.05, 4.69) is 34.6 Å². The summed E-state index contributed by atoms with van der Waals surface area (Å²) < 4.78 is 5.81. The van der Waals surface area contributed by atoms with Gasteiger partial charge in [-0.1, -0.05) is 42.5 Å². The van der Waals surface area contributed by atoms with Crippen molar-refractivity contribution in [3.63, 3.8) is 0 Å². The molecular weight excluding hydrogens is 300 g/mol. The van der Waals surface area contributed by atoms with E-state index in [0.29, 0.717) is 29.1 Å². The number of carbonyl (C=O) groups excluding carboxylic acids is 1. The first-order chi connectivity index (χ1) is 11.8. The maximum absolute atomic E-state index is 10.5. The number of hydrogen-bond acceptors (Lipinski definition) is 3. The summed E-state index contributed by atoms with van der Waals surface area (Å²) in [6, 6.07) is 23.7.